The molecule has 4 aliphatic rings. The minimum absolute atomic E-state index is 0.0263. The van der Waals surface area contributed by atoms with Gasteiger partial charge < -0.3 is 67.2 Å². The predicted octanol–water partition coefficient (Wildman–Crippen LogP) is -2.14. The summed E-state index contributed by atoms with van der Waals surface area (Å²) in [6, 6.07) is 5.85. The van der Waals surface area contributed by atoms with Crippen LogP contribution in [0.3, 0.4) is 0 Å². The molecule has 5 amide bonds. The molecule has 2 aromatic rings. The average Bonchev–Trinajstić information content (AvgIpc) is 0.838. The Hall–Kier alpha value is -9.45. The number of nitrogens with zero attached hydrogens (tertiary/aromatic N) is 10. The average molecular weight is 1570 g/mol. The monoisotopic (exact) mass is 1570 g/mol. The van der Waals surface area contributed by atoms with Gasteiger partial charge in [0.1, 0.15) is 11.8 Å². The number of likely N-dealkylation sites (tertiary alicyclic amines) is 1. The van der Waals surface area contributed by atoms with E-state index in [1.165, 1.54) is 0 Å². The molecule has 4 fully saturated rings. The summed E-state index contributed by atoms with van der Waals surface area (Å²) in [6.07, 6.45) is 8.70. The Labute approximate surface area is 652 Å². The molecule has 0 saturated carbocycles. The van der Waals surface area contributed by atoms with Crippen LogP contribution < -0.4 is 26.6 Å². The van der Waals surface area contributed by atoms with Crippen molar-refractivity contribution in [3.05, 3.63) is 65.0 Å². The molecule has 5 atom stereocenters. The third kappa shape index (κ3) is 35.1. The van der Waals surface area contributed by atoms with E-state index < -0.39 is 134 Å². The fourth-order valence-electron chi connectivity index (χ4n) is 14.2. The zero-order valence-corrected chi connectivity index (χ0v) is 64.3. The molecule has 5 heterocycles. The van der Waals surface area contributed by atoms with E-state index in [4.69, 9.17) is 0 Å². The third-order valence-electron chi connectivity index (χ3n) is 20.8. The fraction of sp³-hybridized carbons (Fsp3) is 0.645. The maximum Gasteiger partial charge on any atom is 0.317 e. The molecule has 1 aromatic heterocycles. The van der Waals surface area contributed by atoms with Gasteiger partial charge in [0, 0.05) is 179 Å². The lowest BCUT2D eigenvalue weighted by molar-refractivity contribution is -0.141. The van der Waals surface area contributed by atoms with Crippen LogP contribution in [0.25, 0.3) is 0 Å². The maximum atomic E-state index is 14.2. The molecule has 0 radical (unpaired) electrons. The number of hydrogen-bond acceptors (Lipinski definition) is 24. The van der Waals surface area contributed by atoms with Crippen LogP contribution in [0.2, 0.25) is 0 Å². The van der Waals surface area contributed by atoms with Crippen molar-refractivity contribution in [2.45, 2.75) is 115 Å². The van der Waals surface area contributed by atoms with E-state index in [0.29, 0.717) is 74.2 Å². The highest BCUT2D eigenvalue weighted by Crippen LogP contribution is 2.29. The van der Waals surface area contributed by atoms with Gasteiger partial charge in [-0.25, -0.2) is 0 Å². The lowest BCUT2D eigenvalue weighted by atomic mass is 9.84. The van der Waals surface area contributed by atoms with E-state index in [9.17, 15) is 103 Å². The maximum absolute atomic E-state index is 14.2. The molecule has 618 valence electrons. The smallest absolute Gasteiger partial charge is 0.317 e. The third-order valence-corrected chi connectivity index (χ3v) is 20.8. The van der Waals surface area contributed by atoms with Gasteiger partial charge in [-0.2, -0.15) is 0 Å². The molecule has 36 nitrogen and oxygen atoms in total. The molecular formula is C76H113N15O21. The standard InChI is InChI=1S/C76H113N15O21/c1-53(89-34-30-85(49-71(103)104)26-22-83(47-69(99)100)23-27-86(31-35-89)50-72(105)106)75(111)80-44-65(94)79-43-62(82-66(95)45-81-76(112)54(2)90-36-32-87(51-73(107)108)28-24-84(48-70(101)102)25-29-88(33-37-90)52-74(109)110)63(92)8-4-3-6-55-9-11-56(12-10-55)13-14-58-38-61(42-78-41-58)60(40-68(97)98)39-64(93)59-7-5-21-91(46-59)67(96)16-15-57-17-19-77-20-18-57/h9-12,38,41-42,53-54,57,59-60,62,77H,3-8,15-37,39-40,43-52H2,1-2H3,(H,79,94)(H,80,111)(H,81,112)(H,82,95)(H,97,98)(H,99,100)(H,101,102)(H,103,104)(H,105,106)(H,107,108)(H,109,110)/t53?,54?,59-,60+,62?/m1/s1. The van der Waals surface area contributed by atoms with E-state index in [1.54, 1.807) is 76.4 Å². The molecule has 1 aromatic carbocycles. The predicted molar refractivity (Wildman–Crippen MR) is 405 cm³/mol. The Kier molecular flexibility index (Phi) is 39.6. The first-order valence-corrected chi connectivity index (χ1v) is 38.5. The SMILES string of the molecule is CC(C(=O)NCC(=O)NCC(NC(=O)CNC(=O)C(C)N1CCN(CC(=O)O)CCN(CC(=O)O)CCN(CC(=O)O)CC1)C(=O)CCCCc1ccc(C#Cc2cncc([C@H](CC(=O)O)CC(=O)[C@@H]3CCCN(C(=O)CCC4CCNCC4)C3)c2)cc1)N1CCN(CC(=O)O)CCN(CC(=O)O)CCN(CC(=O)O)CC1. The first-order chi connectivity index (χ1) is 53.4. The van der Waals surface area contributed by atoms with Crippen LogP contribution in [-0.2, 0) is 73.5 Å². The fourth-order valence-corrected chi connectivity index (χ4v) is 14.2. The molecule has 36 heteroatoms. The summed E-state index contributed by atoms with van der Waals surface area (Å²) in [5.74, 6) is -5.56. The van der Waals surface area contributed by atoms with E-state index in [0.717, 1.165) is 37.9 Å². The molecule has 112 heavy (non-hydrogen) atoms. The van der Waals surface area contributed by atoms with Crippen LogP contribution in [0.15, 0.2) is 42.7 Å². The number of benzene rings is 1. The number of carbonyl (C=O) groups is 14. The number of carboxylic acid groups (broad SMARTS) is 7. The Morgan fingerprint density at radius 3 is 1.40 bits per heavy atom. The number of unbranched alkanes of at least 4 members (excludes halogenated alkanes) is 1. The Balaban J connectivity index is 1.09. The van der Waals surface area contributed by atoms with Gasteiger partial charge in [-0.1, -0.05) is 24.0 Å². The number of aliphatic carboxylic acids is 7. The van der Waals surface area contributed by atoms with Crippen LogP contribution in [0.4, 0.5) is 0 Å². The van der Waals surface area contributed by atoms with Crippen molar-refractivity contribution in [2.24, 2.45) is 11.8 Å². The summed E-state index contributed by atoms with van der Waals surface area (Å²) >= 11 is 0. The molecule has 0 spiro atoms. The number of aryl methyl sites for hydroxylation is 1. The number of carbonyl (C=O) groups excluding carboxylic acids is 7. The van der Waals surface area contributed by atoms with E-state index in [-0.39, 0.29) is 162 Å². The Morgan fingerprint density at radius 2 is 0.946 bits per heavy atom. The number of hydrogen-bond donors (Lipinski definition) is 12. The van der Waals surface area contributed by atoms with Crippen molar-refractivity contribution >= 4 is 82.9 Å². The molecular weight excluding hydrogens is 1460 g/mol. The Bertz CT molecular complexity index is 3510. The Morgan fingerprint density at radius 1 is 0.500 bits per heavy atom. The number of amides is 5. The number of nitrogens with one attached hydrogen (secondary N) is 5. The molecule has 0 aliphatic carbocycles. The van der Waals surface area contributed by atoms with E-state index in [1.807, 2.05) is 24.3 Å². The van der Waals surface area contributed by atoms with Gasteiger partial charge in [-0.05, 0) is 114 Å². The quantitative estimate of drug-likeness (QED) is 0.0252. The van der Waals surface area contributed by atoms with Gasteiger partial charge in [0.15, 0.2) is 5.78 Å². The summed E-state index contributed by atoms with van der Waals surface area (Å²) in [5.41, 5.74) is 2.63. The summed E-state index contributed by atoms with van der Waals surface area (Å²) in [6.45, 7) is 4.03. The van der Waals surface area contributed by atoms with Crippen LogP contribution in [-0.4, -0.2) is 376 Å². The molecule has 4 aliphatic heterocycles. The van der Waals surface area contributed by atoms with Crippen molar-refractivity contribution in [2.75, 3.05) is 190 Å². The number of aromatic nitrogens is 1. The zero-order chi connectivity index (χ0) is 81.7. The van der Waals surface area contributed by atoms with Gasteiger partial charge in [-0.15, -0.1) is 0 Å². The first kappa shape index (κ1) is 91.4. The van der Waals surface area contributed by atoms with Gasteiger partial charge in [0.05, 0.1) is 70.9 Å². The largest absolute Gasteiger partial charge is 0.481 e. The second kappa shape index (κ2) is 48.5. The van der Waals surface area contributed by atoms with E-state index in [2.05, 4.69) is 43.4 Å². The summed E-state index contributed by atoms with van der Waals surface area (Å²) < 4.78 is 0. The van der Waals surface area contributed by atoms with Crippen molar-refractivity contribution in [1.82, 2.24) is 75.7 Å². The van der Waals surface area contributed by atoms with Crippen LogP contribution in [0.1, 0.15) is 113 Å². The van der Waals surface area contributed by atoms with Gasteiger partial charge in [0.25, 0.3) is 0 Å². The molecule has 3 unspecified atom stereocenters. The number of carboxylic acids is 7. The number of pyridine rings is 1. The van der Waals surface area contributed by atoms with Crippen molar-refractivity contribution < 1.29 is 103 Å². The van der Waals surface area contributed by atoms with Gasteiger partial charge in [0.2, 0.25) is 29.5 Å². The minimum atomic E-state index is -1.35. The molecule has 4 saturated heterocycles. The van der Waals surface area contributed by atoms with Crippen LogP contribution in [0, 0.1) is 23.7 Å². The van der Waals surface area contributed by atoms with Crippen LogP contribution in [0.5, 0.6) is 0 Å². The number of piperidine rings is 2. The van der Waals surface area contributed by atoms with Gasteiger partial charge >= 0.3 is 41.8 Å². The molecule has 6 rings (SSSR count). The van der Waals surface area contributed by atoms with Gasteiger partial charge in [-0.3, -0.25) is 111 Å². The second-order valence-corrected chi connectivity index (χ2v) is 29.3. The zero-order valence-electron chi connectivity index (χ0n) is 64.3. The second-order valence-electron chi connectivity index (χ2n) is 29.3. The molecule has 12 N–H and O–H groups in total. The van der Waals surface area contributed by atoms with Crippen molar-refractivity contribution in [3.63, 3.8) is 0 Å². The van der Waals surface area contributed by atoms with Crippen molar-refractivity contribution in [1.29, 1.82) is 0 Å². The lowest BCUT2D eigenvalue weighted by Crippen LogP contribution is -2.55. The highest BCUT2D eigenvalue weighted by molar-refractivity contribution is 5.93. The number of ketones is 2. The lowest BCUT2D eigenvalue weighted by Gasteiger charge is -2.35. The normalized spacial score (nSPS) is 19.0. The highest BCUT2D eigenvalue weighted by atomic mass is 16.4. The topological polar surface area (TPSA) is 483 Å². The van der Waals surface area contributed by atoms with Crippen molar-refractivity contribution in [3.8, 4) is 11.8 Å². The minimum Gasteiger partial charge on any atom is -0.481 e. The summed E-state index contributed by atoms with van der Waals surface area (Å²) in [5, 5.41) is 81.6. The number of rotatable bonds is 38. The number of Topliss-reactive ketones (excluding diaryl/α,β-unsaturated/α-hetero) is 2. The molecule has 0 bridgehead atoms. The first-order valence-electron chi connectivity index (χ1n) is 38.5. The highest BCUT2D eigenvalue weighted by Gasteiger charge is 2.34. The summed E-state index contributed by atoms with van der Waals surface area (Å²) in [7, 11) is 0. The van der Waals surface area contributed by atoms with Crippen LogP contribution >= 0.6 is 0 Å². The summed E-state index contributed by atoms with van der Waals surface area (Å²) in [4.78, 5) is 199. The van der Waals surface area contributed by atoms with E-state index >= 15 is 0 Å².